The summed E-state index contributed by atoms with van der Waals surface area (Å²) in [5, 5.41) is 7.59. The number of hydrogen-bond acceptors (Lipinski definition) is 4. The van der Waals surface area contributed by atoms with Gasteiger partial charge in [-0.2, -0.15) is 0 Å². The van der Waals surface area contributed by atoms with Crippen LogP contribution in [0, 0.1) is 0 Å². The summed E-state index contributed by atoms with van der Waals surface area (Å²) in [7, 11) is 0. The molecule has 0 aliphatic heterocycles. The van der Waals surface area contributed by atoms with Crippen LogP contribution in [0.3, 0.4) is 0 Å². The maximum absolute atomic E-state index is 11.3. The first kappa shape index (κ1) is 10.3. The highest BCUT2D eigenvalue weighted by Gasteiger charge is 2.14. The van der Waals surface area contributed by atoms with E-state index < -0.39 is 0 Å². The lowest BCUT2D eigenvalue weighted by atomic mass is 9.94. The third kappa shape index (κ3) is 2.23. The molecule has 1 aliphatic rings. The molecule has 0 fully saturated rings. The summed E-state index contributed by atoms with van der Waals surface area (Å²) in [4.78, 5) is 11.3. The molecule has 0 spiro atoms. The summed E-state index contributed by atoms with van der Waals surface area (Å²) in [6, 6.07) is 1.80. The fourth-order valence-corrected chi connectivity index (χ4v) is 1.95. The molecule has 1 heterocycles. The van der Waals surface area contributed by atoms with Gasteiger partial charge in [0.15, 0.2) is 11.6 Å². The molecule has 1 aromatic rings. The van der Waals surface area contributed by atoms with Crippen molar-refractivity contribution in [3.8, 4) is 0 Å². The monoisotopic (exact) mass is 267 g/mol. The van der Waals surface area contributed by atoms with Gasteiger partial charge in [-0.25, -0.2) is 0 Å². The Labute approximate surface area is 95.7 Å². The van der Waals surface area contributed by atoms with Gasteiger partial charge < -0.3 is 5.73 Å². The highest BCUT2D eigenvalue weighted by molar-refractivity contribution is 9.10. The highest BCUT2D eigenvalue weighted by atomic mass is 79.9. The van der Waals surface area contributed by atoms with E-state index in [4.69, 9.17) is 5.73 Å². The molecule has 78 valence electrons. The minimum atomic E-state index is 0.156. The van der Waals surface area contributed by atoms with Crippen LogP contribution in [0.4, 0.5) is 5.82 Å². The van der Waals surface area contributed by atoms with Gasteiger partial charge in [-0.05, 0) is 46.5 Å². The minimum Gasteiger partial charge on any atom is -0.382 e. The molecule has 2 rings (SSSR count). The number of ketones is 1. The fraction of sp³-hybridized carbons (Fsp3) is 0.300. The molecule has 5 heteroatoms. The van der Waals surface area contributed by atoms with Crippen molar-refractivity contribution in [3.05, 3.63) is 22.3 Å². The second-order valence-electron chi connectivity index (χ2n) is 3.46. The summed E-state index contributed by atoms with van der Waals surface area (Å²) in [6.45, 7) is 0. The third-order valence-electron chi connectivity index (χ3n) is 2.34. The SMILES string of the molecule is Nc1nnc(Br)cc1C1=CC(=O)CCC1. The van der Waals surface area contributed by atoms with Crippen LogP contribution in [0.5, 0.6) is 0 Å². The lowest BCUT2D eigenvalue weighted by Gasteiger charge is -2.13. The topological polar surface area (TPSA) is 68.9 Å². The van der Waals surface area contributed by atoms with Crippen LogP contribution in [-0.4, -0.2) is 16.0 Å². The molecule has 0 radical (unpaired) electrons. The van der Waals surface area contributed by atoms with Crippen LogP contribution in [0.15, 0.2) is 16.7 Å². The number of aromatic nitrogens is 2. The largest absolute Gasteiger partial charge is 0.382 e. The number of carbonyl (C=O) groups is 1. The lowest BCUT2D eigenvalue weighted by molar-refractivity contribution is -0.114. The Morgan fingerprint density at radius 1 is 1.33 bits per heavy atom. The van der Waals surface area contributed by atoms with Crippen LogP contribution in [0.1, 0.15) is 24.8 Å². The molecule has 0 atom stereocenters. The zero-order valence-electron chi connectivity index (χ0n) is 8.03. The Balaban J connectivity index is 2.44. The Morgan fingerprint density at radius 2 is 2.13 bits per heavy atom. The first-order valence-corrected chi connectivity index (χ1v) is 5.48. The number of allylic oxidation sites excluding steroid dienone is 2. The van der Waals surface area contributed by atoms with Gasteiger partial charge in [-0.3, -0.25) is 4.79 Å². The molecular formula is C10H10BrN3O. The van der Waals surface area contributed by atoms with Crippen LogP contribution in [0.25, 0.3) is 5.57 Å². The number of halogens is 1. The van der Waals surface area contributed by atoms with E-state index in [1.807, 2.05) is 0 Å². The van der Waals surface area contributed by atoms with E-state index in [0.717, 1.165) is 24.0 Å². The quantitative estimate of drug-likeness (QED) is 0.845. The number of carbonyl (C=O) groups excluding carboxylic acids is 1. The van der Waals surface area contributed by atoms with Crippen molar-refractivity contribution in [1.82, 2.24) is 10.2 Å². The number of rotatable bonds is 1. The fourth-order valence-electron chi connectivity index (χ4n) is 1.64. The lowest BCUT2D eigenvalue weighted by Crippen LogP contribution is -2.05. The van der Waals surface area contributed by atoms with Crippen molar-refractivity contribution in [2.75, 3.05) is 5.73 Å². The van der Waals surface area contributed by atoms with Gasteiger partial charge in [0.1, 0.15) is 4.60 Å². The van der Waals surface area contributed by atoms with Crippen molar-refractivity contribution in [3.63, 3.8) is 0 Å². The number of anilines is 1. The molecule has 1 aromatic heterocycles. The summed E-state index contributed by atoms with van der Waals surface area (Å²) < 4.78 is 0.630. The first-order valence-electron chi connectivity index (χ1n) is 4.69. The third-order valence-corrected chi connectivity index (χ3v) is 2.73. The summed E-state index contributed by atoms with van der Waals surface area (Å²) in [6.07, 6.45) is 4.03. The molecule has 2 N–H and O–H groups in total. The van der Waals surface area contributed by atoms with E-state index in [2.05, 4.69) is 26.1 Å². The van der Waals surface area contributed by atoms with E-state index in [9.17, 15) is 4.79 Å². The van der Waals surface area contributed by atoms with E-state index in [0.29, 0.717) is 16.8 Å². The van der Waals surface area contributed by atoms with E-state index in [-0.39, 0.29) is 5.78 Å². The zero-order valence-corrected chi connectivity index (χ0v) is 9.62. The Morgan fingerprint density at radius 3 is 2.87 bits per heavy atom. The standard InChI is InChI=1S/C10H10BrN3O/c11-9-5-8(10(12)14-13-9)6-2-1-3-7(15)4-6/h4-5H,1-3H2,(H2,12,14). The molecule has 0 amide bonds. The van der Waals surface area contributed by atoms with Gasteiger partial charge in [0.2, 0.25) is 0 Å². The second-order valence-corrected chi connectivity index (χ2v) is 4.27. The number of nitrogens with two attached hydrogens (primary N) is 1. The van der Waals surface area contributed by atoms with Gasteiger partial charge in [-0.15, -0.1) is 10.2 Å². The molecule has 1 aliphatic carbocycles. The number of nitrogen functional groups attached to an aromatic ring is 1. The van der Waals surface area contributed by atoms with Crippen LogP contribution < -0.4 is 5.73 Å². The molecular weight excluding hydrogens is 258 g/mol. The summed E-state index contributed by atoms with van der Waals surface area (Å²) in [5.74, 6) is 0.530. The van der Waals surface area contributed by atoms with Gasteiger partial charge in [0.25, 0.3) is 0 Å². The Hall–Kier alpha value is -1.23. The predicted octanol–water partition coefficient (Wildman–Crippen LogP) is 1.96. The average Bonchev–Trinajstić information content (AvgIpc) is 2.22. The van der Waals surface area contributed by atoms with Crippen molar-refractivity contribution in [2.45, 2.75) is 19.3 Å². The van der Waals surface area contributed by atoms with E-state index >= 15 is 0 Å². The smallest absolute Gasteiger partial charge is 0.155 e. The Bertz CT molecular complexity index is 442. The van der Waals surface area contributed by atoms with Crippen LogP contribution >= 0.6 is 15.9 Å². The Kier molecular flexibility index (Phi) is 2.81. The molecule has 0 unspecified atom stereocenters. The van der Waals surface area contributed by atoms with Gasteiger partial charge in [-0.1, -0.05) is 0 Å². The predicted molar refractivity (Wildman–Crippen MR) is 61.0 cm³/mol. The van der Waals surface area contributed by atoms with Crippen LogP contribution in [-0.2, 0) is 4.79 Å². The first-order chi connectivity index (χ1) is 7.16. The van der Waals surface area contributed by atoms with E-state index in [1.54, 1.807) is 12.1 Å². The van der Waals surface area contributed by atoms with Gasteiger partial charge >= 0.3 is 0 Å². The number of hydrogen-bond donors (Lipinski definition) is 1. The molecule has 15 heavy (non-hydrogen) atoms. The number of nitrogens with zero attached hydrogens (tertiary/aromatic N) is 2. The summed E-state index contributed by atoms with van der Waals surface area (Å²) >= 11 is 3.24. The molecule has 4 nitrogen and oxygen atoms in total. The summed E-state index contributed by atoms with van der Waals surface area (Å²) in [5.41, 5.74) is 7.49. The normalized spacial score (nSPS) is 16.3. The van der Waals surface area contributed by atoms with Gasteiger partial charge in [0, 0.05) is 12.0 Å². The molecule has 0 bridgehead atoms. The van der Waals surface area contributed by atoms with Crippen molar-refractivity contribution in [2.24, 2.45) is 0 Å². The van der Waals surface area contributed by atoms with Crippen LogP contribution in [0.2, 0.25) is 0 Å². The van der Waals surface area contributed by atoms with Crippen molar-refractivity contribution in [1.29, 1.82) is 0 Å². The zero-order chi connectivity index (χ0) is 10.8. The van der Waals surface area contributed by atoms with E-state index in [1.165, 1.54) is 0 Å². The van der Waals surface area contributed by atoms with Gasteiger partial charge in [0.05, 0.1) is 0 Å². The maximum Gasteiger partial charge on any atom is 0.155 e. The second kappa shape index (κ2) is 4.10. The maximum atomic E-state index is 11.3. The molecule has 0 saturated carbocycles. The van der Waals surface area contributed by atoms with Crippen molar-refractivity contribution < 1.29 is 4.79 Å². The molecule has 0 aromatic carbocycles. The molecule has 0 saturated heterocycles. The highest BCUT2D eigenvalue weighted by Crippen LogP contribution is 2.29. The van der Waals surface area contributed by atoms with Crippen molar-refractivity contribution >= 4 is 33.1 Å². The minimum absolute atomic E-state index is 0.156. The average molecular weight is 268 g/mol.